The first-order valence-electron chi connectivity index (χ1n) is 5.95. The normalized spacial score (nSPS) is 13.1. The number of hydrogen-bond donors (Lipinski definition) is 0. The molecule has 0 radical (unpaired) electrons. The van der Waals surface area contributed by atoms with Crippen molar-refractivity contribution in [2.45, 2.75) is 26.3 Å². The Balaban J connectivity index is 2.19. The van der Waals surface area contributed by atoms with E-state index in [-0.39, 0.29) is 5.56 Å². The second-order valence-electron chi connectivity index (χ2n) is 4.49. The van der Waals surface area contributed by atoms with Crippen LogP contribution in [0.2, 0.25) is 0 Å². The molecule has 0 aliphatic rings. The van der Waals surface area contributed by atoms with Crippen LogP contribution in [0.3, 0.4) is 0 Å². The summed E-state index contributed by atoms with van der Waals surface area (Å²) < 4.78 is 2.94. The van der Waals surface area contributed by atoms with Crippen LogP contribution in [0.1, 0.15) is 19.8 Å². The van der Waals surface area contributed by atoms with Crippen LogP contribution in [0.15, 0.2) is 11.0 Å². The maximum Gasteiger partial charge on any atom is 0.280 e. The number of hydrogen-bond acceptors (Lipinski definition) is 4. The Morgan fingerprint density at radius 1 is 1.44 bits per heavy atom. The second-order valence-corrected chi connectivity index (χ2v) is 4.87. The number of aryl methyl sites for hydroxylation is 2. The molecular weight excluding hydrogens is 254 g/mol. The minimum absolute atomic E-state index is 0.133. The molecule has 0 spiro atoms. The van der Waals surface area contributed by atoms with Crippen molar-refractivity contribution in [1.82, 2.24) is 24.8 Å². The number of aromatic nitrogens is 5. The van der Waals surface area contributed by atoms with Gasteiger partial charge in [0.05, 0.1) is 6.20 Å². The smallest absolute Gasteiger partial charge is 0.267 e. The SMILES string of the molecule is CC(CCCl)CCn1nnc2c(cnn2C)c1=O. The van der Waals surface area contributed by atoms with Crippen molar-refractivity contribution < 1.29 is 0 Å². The standard InChI is InChI=1S/C11H16ClN5O/c1-8(3-5-12)4-6-17-11(18)9-7-13-16(2)10(9)14-15-17/h7-8H,3-6H2,1-2H3. The maximum atomic E-state index is 12.1. The van der Waals surface area contributed by atoms with E-state index >= 15 is 0 Å². The first-order chi connectivity index (χ1) is 8.63. The van der Waals surface area contributed by atoms with Crippen LogP contribution >= 0.6 is 11.6 Å². The molecule has 1 atom stereocenters. The molecule has 1 unspecified atom stereocenters. The van der Waals surface area contributed by atoms with Gasteiger partial charge >= 0.3 is 0 Å². The summed E-state index contributed by atoms with van der Waals surface area (Å²) in [6, 6.07) is 0. The average molecular weight is 270 g/mol. The van der Waals surface area contributed by atoms with Gasteiger partial charge in [0.25, 0.3) is 5.56 Å². The molecule has 6 nitrogen and oxygen atoms in total. The molecule has 98 valence electrons. The minimum atomic E-state index is -0.133. The molecular formula is C11H16ClN5O. The van der Waals surface area contributed by atoms with Gasteiger partial charge in [0.1, 0.15) is 5.39 Å². The molecule has 2 rings (SSSR count). The highest BCUT2D eigenvalue weighted by atomic mass is 35.5. The molecule has 2 aromatic heterocycles. The van der Waals surface area contributed by atoms with E-state index in [4.69, 9.17) is 11.6 Å². The molecule has 0 saturated heterocycles. The third kappa shape index (κ3) is 2.53. The summed E-state index contributed by atoms with van der Waals surface area (Å²) in [5.41, 5.74) is 0.385. The summed E-state index contributed by atoms with van der Waals surface area (Å²) >= 11 is 5.68. The van der Waals surface area contributed by atoms with Gasteiger partial charge < -0.3 is 0 Å². The first kappa shape index (κ1) is 13.0. The molecule has 0 amide bonds. The van der Waals surface area contributed by atoms with Crippen molar-refractivity contribution in [3.63, 3.8) is 0 Å². The van der Waals surface area contributed by atoms with E-state index in [1.807, 2.05) is 0 Å². The van der Waals surface area contributed by atoms with Crippen LogP contribution in [0, 0.1) is 5.92 Å². The number of halogens is 1. The van der Waals surface area contributed by atoms with Crippen LogP contribution in [-0.2, 0) is 13.6 Å². The van der Waals surface area contributed by atoms with Gasteiger partial charge in [-0.3, -0.25) is 4.79 Å². The first-order valence-corrected chi connectivity index (χ1v) is 6.48. The number of nitrogens with zero attached hydrogens (tertiary/aromatic N) is 5. The summed E-state index contributed by atoms with van der Waals surface area (Å²) in [4.78, 5) is 12.1. The van der Waals surface area contributed by atoms with Gasteiger partial charge in [0, 0.05) is 19.5 Å². The number of fused-ring (bicyclic) bond motifs is 1. The zero-order chi connectivity index (χ0) is 13.1. The Labute approximate surface area is 110 Å². The molecule has 18 heavy (non-hydrogen) atoms. The maximum absolute atomic E-state index is 12.1. The van der Waals surface area contributed by atoms with E-state index in [0.717, 1.165) is 12.8 Å². The van der Waals surface area contributed by atoms with Gasteiger partial charge in [0.2, 0.25) is 0 Å². The summed E-state index contributed by atoms with van der Waals surface area (Å²) in [5.74, 6) is 1.12. The largest absolute Gasteiger partial charge is 0.280 e. The van der Waals surface area contributed by atoms with Crippen LogP contribution < -0.4 is 5.56 Å². The van der Waals surface area contributed by atoms with Gasteiger partial charge in [-0.25, -0.2) is 9.36 Å². The van der Waals surface area contributed by atoms with Gasteiger partial charge in [-0.15, -0.1) is 16.7 Å². The van der Waals surface area contributed by atoms with Crippen LogP contribution in [0.25, 0.3) is 11.0 Å². The Morgan fingerprint density at radius 3 is 2.94 bits per heavy atom. The molecule has 0 aliphatic heterocycles. The monoisotopic (exact) mass is 269 g/mol. The Kier molecular flexibility index (Phi) is 3.96. The van der Waals surface area contributed by atoms with Crippen molar-refractivity contribution in [3.05, 3.63) is 16.6 Å². The van der Waals surface area contributed by atoms with E-state index in [9.17, 15) is 4.79 Å². The van der Waals surface area contributed by atoms with E-state index in [0.29, 0.717) is 29.4 Å². The summed E-state index contributed by atoms with van der Waals surface area (Å²) in [7, 11) is 1.74. The molecule has 0 aromatic carbocycles. The lowest BCUT2D eigenvalue weighted by Crippen LogP contribution is -2.25. The third-order valence-electron chi connectivity index (χ3n) is 3.06. The lowest BCUT2D eigenvalue weighted by molar-refractivity contribution is 0.430. The molecule has 2 heterocycles. The quantitative estimate of drug-likeness (QED) is 0.765. The zero-order valence-corrected chi connectivity index (χ0v) is 11.3. The summed E-state index contributed by atoms with van der Waals surface area (Å²) in [6.45, 7) is 2.68. The lowest BCUT2D eigenvalue weighted by atomic mass is 10.1. The molecule has 2 aromatic rings. The van der Waals surface area contributed by atoms with Crippen molar-refractivity contribution in [2.24, 2.45) is 13.0 Å². The van der Waals surface area contributed by atoms with Crippen LogP contribution in [-0.4, -0.2) is 30.7 Å². The molecule has 0 saturated carbocycles. The Morgan fingerprint density at radius 2 is 2.22 bits per heavy atom. The van der Waals surface area contributed by atoms with Gasteiger partial charge in [-0.1, -0.05) is 12.1 Å². The molecule has 0 fully saturated rings. The number of rotatable bonds is 5. The van der Waals surface area contributed by atoms with E-state index in [1.54, 1.807) is 11.7 Å². The minimum Gasteiger partial charge on any atom is -0.267 e. The van der Waals surface area contributed by atoms with Crippen LogP contribution in [0.4, 0.5) is 0 Å². The van der Waals surface area contributed by atoms with E-state index in [1.165, 1.54) is 10.9 Å². The van der Waals surface area contributed by atoms with Crippen molar-refractivity contribution in [3.8, 4) is 0 Å². The fourth-order valence-electron chi connectivity index (χ4n) is 1.80. The fraction of sp³-hybridized carbons (Fsp3) is 0.636. The van der Waals surface area contributed by atoms with E-state index < -0.39 is 0 Å². The highest BCUT2D eigenvalue weighted by Gasteiger charge is 2.10. The summed E-state index contributed by atoms with van der Waals surface area (Å²) in [5, 5.41) is 12.5. The Bertz CT molecular complexity index is 591. The topological polar surface area (TPSA) is 65.6 Å². The Hall–Kier alpha value is -1.43. The second kappa shape index (κ2) is 5.48. The third-order valence-corrected chi connectivity index (χ3v) is 3.27. The predicted molar refractivity (Wildman–Crippen MR) is 69.7 cm³/mol. The summed E-state index contributed by atoms with van der Waals surface area (Å²) in [6.07, 6.45) is 3.34. The highest BCUT2D eigenvalue weighted by Crippen LogP contribution is 2.09. The van der Waals surface area contributed by atoms with Crippen molar-refractivity contribution in [1.29, 1.82) is 0 Å². The van der Waals surface area contributed by atoms with E-state index in [2.05, 4.69) is 22.3 Å². The van der Waals surface area contributed by atoms with Crippen molar-refractivity contribution in [2.75, 3.05) is 5.88 Å². The molecule has 0 aliphatic carbocycles. The highest BCUT2D eigenvalue weighted by molar-refractivity contribution is 6.17. The zero-order valence-electron chi connectivity index (χ0n) is 10.5. The van der Waals surface area contributed by atoms with Crippen molar-refractivity contribution >= 4 is 22.6 Å². The average Bonchev–Trinajstić information content (AvgIpc) is 2.72. The number of alkyl halides is 1. The predicted octanol–water partition coefficient (Wildman–Crippen LogP) is 1.18. The fourth-order valence-corrected chi connectivity index (χ4v) is 2.17. The van der Waals surface area contributed by atoms with Gasteiger partial charge in [0.15, 0.2) is 5.65 Å². The molecule has 0 N–H and O–H groups in total. The lowest BCUT2D eigenvalue weighted by Gasteiger charge is -2.09. The molecule has 0 bridgehead atoms. The molecule has 7 heteroatoms. The van der Waals surface area contributed by atoms with Gasteiger partial charge in [-0.05, 0) is 18.8 Å². The van der Waals surface area contributed by atoms with Gasteiger partial charge in [-0.2, -0.15) is 5.10 Å². The van der Waals surface area contributed by atoms with Crippen LogP contribution in [0.5, 0.6) is 0 Å².